The third kappa shape index (κ3) is 3.72. The van der Waals surface area contributed by atoms with Crippen molar-refractivity contribution in [2.24, 2.45) is 0 Å². The number of carbonyl (C=O) groups excluding carboxylic acids is 1. The van der Waals surface area contributed by atoms with Crippen LogP contribution in [-0.4, -0.2) is 40.8 Å². The van der Waals surface area contributed by atoms with Gasteiger partial charge in [-0.15, -0.1) is 0 Å². The zero-order valence-electron chi connectivity index (χ0n) is 17.0. The number of rotatable bonds is 6. The average molecular weight is 404 g/mol. The highest BCUT2D eigenvalue weighted by molar-refractivity contribution is 5.99. The van der Waals surface area contributed by atoms with E-state index >= 15 is 0 Å². The lowest BCUT2D eigenvalue weighted by Crippen LogP contribution is -2.19. The van der Waals surface area contributed by atoms with E-state index in [0.717, 1.165) is 38.9 Å². The van der Waals surface area contributed by atoms with Crippen LogP contribution < -0.4 is 10.6 Å². The van der Waals surface area contributed by atoms with Gasteiger partial charge in [0, 0.05) is 35.9 Å². The number of aryl methyl sites for hydroxylation is 1. The van der Waals surface area contributed by atoms with Crippen LogP contribution in [0.1, 0.15) is 11.3 Å². The van der Waals surface area contributed by atoms with Gasteiger partial charge in [0.05, 0.1) is 25.1 Å². The number of aromatic nitrogens is 2. The van der Waals surface area contributed by atoms with Gasteiger partial charge in [0.1, 0.15) is 5.65 Å². The number of benzene rings is 2. The summed E-state index contributed by atoms with van der Waals surface area (Å²) in [6, 6.07) is 15.9. The topological polar surface area (TPSA) is 87.9 Å². The number of aliphatic hydroxyl groups excluding tert-OH is 1. The summed E-state index contributed by atoms with van der Waals surface area (Å²) in [5.41, 5.74) is 5.57. The molecule has 0 aliphatic carbocycles. The molecule has 0 spiro atoms. The molecule has 0 saturated heterocycles. The number of amides is 1. The van der Waals surface area contributed by atoms with E-state index in [1.54, 1.807) is 0 Å². The fourth-order valence-electron chi connectivity index (χ4n) is 3.62. The van der Waals surface area contributed by atoms with E-state index in [1.807, 2.05) is 42.6 Å². The molecule has 1 amide bonds. The summed E-state index contributed by atoms with van der Waals surface area (Å²) in [6.07, 6.45) is 1.50. The molecule has 7 nitrogen and oxygen atoms in total. The molecule has 2 aromatic carbocycles. The van der Waals surface area contributed by atoms with Gasteiger partial charge in [-0.05, 0) is 36.1 Å². The summed E-state index contributed by atoms with van der Waals surface area (Å²) in [5, 5.41) is 17.1. The summed E-state index contributed by atoms with van der Waals surface area (Å²) < 4.78 is 6.77. The number of imidazole rings is 1. The van der Waals surface area contributed by atoms with Crippen LogP contribution in [0.15, 0.2) is 54.7 Å². The number of nitrogens with zero attached hydrogens (tertiary/aromatic N) is 2. The SMILES string of the molecule is COC(=O)Nc1ccc2ccn3c(CNCCO)c(-c4ccccc4C)nc3c2c1. The maximum atomic E-state index is 11.6. The van der Waals surface area contributed by atoms with Gasteiger partial charge in [0.25, 0.3) is 0 Å². The Morgan fingerprint density at radius 1 is 1.20 bits per heavy atom. The van der Waals surface area contributed by atoms with Crippen molar-refractivity contribution in [3.05, 3.63) is 66.0 Å². The minimum atomic E-state index is -0.515. The third-order valence-electron chi connectivity index (χ3n) is 5.12. The number of hydrogen-bond acceptors (Lipinski definition) is 5. The smallest absolute Gasteiger partial charge is 0.411 e. The fraction of sp³-hybridized carbons (Fsp3) is 0.217. The van der Waals surface area contributed by atoms with Crippen LogP contribution in [0, 0.1) is 6.92 Å². The van der Waals surface area contributed by atoms with Gasteiger partial charge < -0.3 is 19.6 Å². The first-order valence-electron chi connectivity index (χ1n) is 9.78. The van der Waals surface area contributed by atoms with Crippen molar-refractivity contribution < 1.29 is 14.6 Å². The Morgan fingerprint density at radius 3 is 2.80 bits per heavy atom. The minimum Gasteiger partial charge on any atom is -0.453 e. The van der Waals surface area contributed by atoms with Crippen LogP contribution in [0.2, 0.25) is 0 Å². The number of fused-ring (bicyclic) bond motifs is 3. The number of hydrogen-bond donors (Lipinski definition) is 3. The van der Waals surface area contributed by atoms with Crippen molar-refractivity contribution in [1.82, 2.24) is 14.7 Å². The van der Waals surface area contributed by atoms with Crippen LogP contribution in [0.5, 0.6) is 0 Å². The van der Waals surface area contributed by atoms with Gasteiger partial charge in [-0.1, -0.05) is 30.3 Å². The molecule has 0 aliphatic rings. The molecular formula is C23H24N4O3. The van der Waals surface area contributed by atoms with Crippen LogP contribution in [-0.2, 0) is 11.3 Å². The van der Waals surface area contributed by atoms with Crippen molar-refractivity contribution in [3.8, 4) is 11.3 Å². The molecule has 2 aromatic heterocycles. The molecule has 0 radical (unpaired) electrons. The predicted molar refractivity (Wildman–Crippen MR) is 118 cm³/mol. The third-order valence-corrected chi connectivity index (χ3v) is 5.12. The minimum absolute atomic E-state index is 0.0714. The molecular weight excluding hydrogens is 380 g/mol. The maximum Gasteiger partial charge on any atom is 0.411 e. The molecule has 0 unspecified atom stereocenters. The predicted octanol–water partition coefficient (Wildman–Crippen LogP) is 3.72. The van der Waals surface area contributed by atoms with E-state index < -0.39 is 6.09 Å². The molecule has 154 valence electrons. The Kier molecular flexibility index (Phi) is 5.65. The first-order chi connectivity index (χ1) is 14.6. The van der Waals surface area contributed by atoms with Crippen LogP contribution >= 0.6 is 0 Å². The Hall–Kier alpha value is -3.42. The molecule has 30 heavy (non-hydrogen) atoms. The number of ether oxygens (including phenoxy) is 1. The van der Waals surface area contributed by atoms with Gasteiger partial charge in [-0.3, -0.25) is 5.32 Å². The maximum absolute atomic E-state index is 11.6. The van der Waals surface area contributed by atoms with Crippen molar-refractivity contribution in [2.75, 3.05) is 25.6 Å². The first kappa shape index (κ1) is 19.9. The van der Waals surface area contributed by atoms with E-state index in [0.29, 0.717) is 18.8 Å². The van der Waals surface area contributed by atoms with E-state index in [4.69, 9.17) is 9.72 Å². The van der Waals surface area contributed by atoms with Crippen molar-refractivity contribution in [3.63, 3.8) is 0 Å². The fourth-order valence-corrected chi connectivity index (χ4v) is 3.62. The normalized spacial score (nSPS) is 11.2. The van der Waals surface area contributed by atoms with E-state index in [-0.39, 0.29) is 6.61 Å². The Balaban J connectivity index is 1.92. The lowest BCUT2D eigenvalue weighted by molar-refractivity contribution is 0.187. The molecule has 4 aromatic rings. The molecule has 0 aliphatic heterocycles. The first-order valence-corrected chi connectivity index (χ1v) is 9.78. The number of aliphatic hydroxyl groups is 1. The average Bonchev–Trinajstić information content (AvgIpc) is 3.13. The van der Waals surface area contributed by atoms with Crippen molar-refractivity contribution in [2.45, 2.75) is 13.5 Å². The molecule has 7 heteroatoms. The number of methoxy groups -OCH3 is 1. The lowest BCUT2D eigenvalue weighted by Gasteiger charge is -2.09. The zero-order chi connectivity index (χ0) is 21.1. The number of anilines is 1. The number of nitrogens with one attached hydrogen (secondary N) is 2. The Morgan fingerprint density at radius 2 is 2.03 bits per heavy atom. The Labute approximate surface area is 174 Å². The van der Waals surface area contributed by atoms with Gasteiger partial charge in [0.2, 0.25) is 0 Å². The van der Waals surface area contributed by atoms with Gasteiger partial charge in [0.15, 0.2) is 0 Å². The van der Waals surface area contributed by atoms with Crippen LogP contribution in [0.25, 0.3) is 27.7 Å². The highest BCUT2D eigenvalue weighted by atomic mass is 16.5. The monoisotopic (exact) mass is 404 g/mol. The second-order valence-corrected chi connectivity index (χ2v) is 7.05. The van der Waals surface area contributed by atoms with E-state index in [9.17, 15) is 9.90 Å². The van der Waals surface area contributed by atoms with Crippen LogP contribution in [0.4, 0.5) is 10.5 Å². The lowest BCUT2D eigenvalue weighted by atomic mass is 10.0. The second kappa shape index (κ2) is 8.52. The van der Waals surface area contributed by atoms with Gasteiger partial charge in [-0.25, -0.2) is 9.78 Å². The molecule has 0 bridgehead atoms. The van der Waals surface area contributed by atoms with Gasteiger partial charge in [-0.2, -0.15) is 0 Å². The highest BCUT2D eigenvalue weighted by Gasteiger charge is 2.17. The molecule has 0 saturated carbocycles. The molecule has 0 atom stereocenters. The summed E-state index contributed by atoms with van der Waals surface area (Å²) in [5.74, 6) is 0. The molecule has 3 N–H and O–H groups in total. The summed E-state index contributed by atoms with van der Waals surface area (Å²) in [6.45, 7) is 3.21. The van der Waals surface area contributed by atoms with Crippen molar-refractivity contribution >= 4 is 28.2 Å². The standard InChI is InChI=1S/C23H24N4O3/c1-15-5-3-4-6-18(15)21-20(14-24-10-12-28)27-11-9-16-7-8-17(25-23(29)30-2)13-19(16)22(27)26-21/h3-9,11,13,24,28H,10,12,14H2,1-2H3,(H,25,29). The molecule has 4 rings (SSSR count). The number of carbonyl (C=O) groups is 1. The van der Waals surface area contributed by atoms with Crippen LogP contribution in [0.3, 0.4) is 0 Å². The molecule has 2 heterocycles. The van der Waals surface area contributed by atoms with E-state index in [1.165, 1.54) is 7.11 Å². The van der Waals surface area contributed by atoms with Gasteiger partial charge >= 0.3 is 6.09 Å². The Bertz CT molecular complexity index is 1220. The van der Waals surface area contributed by atoms with Crippen molar-refractivity contribution in [1.29, 1.82) is 0 Å². The summed E-state index contributed by atoms with van der Waals surface area (Å²) >= 11 is 0. The largest absolute Gasteiger partial charge is 0.453 e. The quantitative estimate of drug-likeness (QED) is 0.426. The summed E-state index contributed by atoms with van der Waals surface area (Å²) in [7, 11) is 1.34. The highest BCUT2D eigenvalue weighted by Crippen LogP contribution is 2.31. The zero-order valence-corrected chi connectivity index (χ0v) is 17.0. The summed E-state index contributed by atoms with van der Waals surface area (Å²) in [4.78, 5) is 16.6. The molecule has 0 fully saturated rings. The second-order valence-electron chi connectivity index (χ2n) is 7.05. The number of pyridine rings is 1. The van der Waals surface area contributed by atoms with E-state index in [2.05, 4.69) is 34.1 Å².